The lowest BCUT2D eigenvalue weighted by atomic mass is 10.0. The first-order valence-electron chi connectivity index (χ1n) is 6.99. The summed E-state index contributed by atoms with van der Waals surface area (Å²) in [4.78, 5) is 25.7. The molecule has 1 aromatic carbocycles. The molecule has 1 fully saturated rings. The Balaban J connectivity index is 2.29. The van der Waals surface area contributed by atoms with Crippen LogP contribution in [0.15, 0.2) is 29.2 Å². The number of thiocarbonyl (C=S) groups is 1. The van der Waals surface area contributed by atoms with Gasteiger partial charge in [0.25, 0.3) is 5.24 Å². The van der Waals surface area contributed by atoms with Gasteiger partial charge in [-0.05, 0) is 41.5 Å². The van der Waals surface area contributed by atoms with E-state index in [-0.39, 0.29) is 16.1 Å². The Morgan fingerprint density at radius 1 is 1.35 bits per heavy atom. The van der Waals surface area contributed by atoms with E-state index < -0.39 is 12.0 Å². The molecule has 1 heterocycles. The number of carboxylic acids is 1. The average molecular weight is 351 g/mol. The molecule has 2 rings (SSSR count). The Morgan fingerprint density at radius 2 is 1.96 bits per heavy atom. The number of rotatable bonds is 5. The standard InChI is InChI=1S/C16H17NO4S2/c1-9(2)13(15(18)19)17-14(22)12(23-16(17)20)8-10-4-6-11(21-3)7-5-10/h4-9,13H,1-3H3,(H,18,19)/b12-8-/t13-/m0/s1. The Morgan fingerprint density at radius 3 is 2.43 bits per heavy atom. The van der Waals surface area contributed by atoms with Gasteiger partial charge in [0, 0.05) is 0 Å². The van der Waals surface area contributed by atoms with Crippen LogP contribution >= 0.6 is 24.0 Å². The van der Waals surface area contributed by atoms with E-state index in [0.717, 1.165) is 23.1 Å². The Hall–Kier alpha value is -1.86. The molecule has 23 heavy (non-hydrogen) atoms. The molecule has 0 spiro atoms. The van der Waals surface area contributed by atoms with Gasteiger partial charge in [0.2, 0.25) is 0 Å². The summed E-state index contributed by atoms with van der Waals surface area (Å²) >= 11 is 6.29. The molecule has 1 N–H and O–H groups in total. The monoisotopic (exact) mass is 351 g/mol. The molecule has 122 valence electrons. The number of thioether (sulfide) groups is 1. The van der Waals surface area contributed by atoms with Crippen molar-refractivity contribution in [2.75, 3.05) is 7.11 Å². The van der Waals surface area contributed by atoms with Crippen molar-refractivity contribution in [1.82, 2.24) is 4.90 Å². The van der Waals surface area contributed by atoms with Crippen molar-refractivity contribution >= 4 is 46.3 Å². The van der Waals surface area contributed by atoms with Crippen molar-refractivity contribution in [3.05, 3.63) is 34.7 Å². The summed E-state index contributed by atoms with van der Waals surface area (Å²) in [5.74, 6) is -0.561. The number of carboxylic acid groups (broad SMARTS) is 1. The molecule has 0 aromatic heterocycles. The van der Waals surface area contributed by atoms with Crippen LogP contribution in [0.2, 0.25) is 0 Å². The predicted molar refractivity (Wildman–Crippen MR) is 94.7 cm³/mol. The summed E-state index contributed by atoms with van der Waals surface area (Å²) in [6, 6.07) is 6.36. The average Bonchev–Trinajstić information content (AvgIpc) is 2.75. The van der Waals surface area contributed by atoms with Gasteiger partial charge in [0.15, 0.2) is 0 Å². The van der Waals surface area contributed by atoms with Gasteiger partial charge < -0.3 is 9.84 Å². The fourth-order valence-corrected chi connectivity index (χ4v) is 3.58. The second-order valence-corrected chi connectivity index (χ2v) is 6.73. The molecule has 1 aromatic rings. The molecular weight excluding hydrogens is 334 g/mol. The highest BCUT2D eigenvalue weighted by Gasteiger charge is 2.41. The zero-order chi connectivity index (χ0) is 17.1. The maximum atomic E-state index is 12.2. The maximum Gasteiger partial charge on any atom is 0.327 e. The fourth-order valence-electron chi connectivity index (χ4n) is 2.26. The summed E-state index contributed by atoms with van der Waals surface area (Å²) in [5.41, 5.74) is 0.863. The lowest BCUT2D eigenvalue weighted by molar-refractivity contribution is -0.142. The summed E-state index contributed by atoms with van der Waals surface area (Å²) in [6.45, 7) is 3.51. The van der Waals surface area contributed by atoms with Crippen molar-refractivity contribution in [1.29, 1.82) is 0 Å². The van der Waals surface area contributed by atoms with Gasteiger partial charge in [0.05, 0.1) is 12.0 Å². The summed E-state index contributed by atoms with van der Waals surface area (Å²) in [6.07, 6.45) is 1.78. The molecule has 7 heteroatoms. The quantitative estimate of drug-likeness (QED) is 0.645. The number of carbonyl (C=O) groups excluding carboxylic acids is 1. The van der Waals surface area contributed by atoms with Crippen molar-refractivity contribution in [2.45, 2.75) is 19.9 Å². The number of benzene rings is 1. The number of hydrogen-bond acceptors (Lipinski definition) is 5. The summed E-state index contributed by atoms with van der Waals surface area (Å²) < 4.78 is 5.10. The normalized spacial score (nSPS) is 17.9. The molecular formula is C16H17NO4S2. The molecule has 0 bridgehead atoms. The highest BCUT2D eigenvalue weighted by molar-refractivity contribution is 8.19. The largest absolute Gasteiger partial charge is 0.497 e. The van der Waals surface area contributed by atoms with Gasteiger partial charge in [-0.2, -0.15) is 0 Å². The molecule has 0 unspecified atom stereocenters. The summed E-state index contributed by atoms with van der Waals surface area (Å²) in [7, 11) is 1.59. The van der Waals surface area contributed by atoms with Crippen LogP contribution in [0.5, 0.6) is 5.75 Å². The first-order chi connectivity index (χ1) is 10.8. The number of hydrogen-bond donors (Lipinski definition) is 1. The van der Waals surface area contributed by atoms with Crippen LogP contribution in [-0.4, -0.2) is 39.4 Å². The SMILES string of the molecule is COc1ccc(/C=C2\SC(=O)N([C@H](C(=O)O)C(C)C)C2=S)cc1. The fraction of sp³-hybridized carbons (Fsp3) is 0.312. The molecule has 1 atom stereocenters. The Labute approximate surface area is 144 Å². The third kappa shape index (κ3) is 3.73. The van der Waals surface area contributed by atoms with Gasteiger partial charge in [-0.15, -0.1) is 0 Å². The van der Waals surface area contributed by atoms with Gasteiger partial charge >= 0.3 is 5.97 Å². The van der Waals surface area contributed by atoms with E-state index in [4.69, 9.17) is 17.0 Å². The van der Waals surface area contributed by atoms with Crippen molar-refractivity contribution < 1.29 is 19.4 Å². The van der Waals surface area contributed by atoms with Crippen molar-refractivity contribution in [3.63, 3.8) is 0 Å². The lowest BCUT2D eigenvalue weighted by Crippen LogP contribution is -2.46. The number of amides is 1. The van der Waals surface area contributed by atoms with E-state index >= 15 is 0 Å². The lowest BCUT2D eigenvalue weighted by Gasteiger charge is -2.26. The predicted octanol–water partition coefficient (Wildman–Crippen LogP) is 3.64. The van der Waals surface area contributed by atoms with Crippen molar-refractivity contribution in [3.8, 4) is 5.75 Å². The van der Waals surface area contributed by atoms with E-state index in [1.807, 2.05) is 24.3 Å². The minimum Gasteiger partial charge on any atom is -0.497 e. The number of methoxy groups -OCH3 is 1. The van der Waals surface area contributed by atoms with E-state index in [2.05, 4.69) is 0 Å². The number of ether oxygens (including phenoxy) is 1. The van der Waals surface area contributed by atoms with E-state index in [0.29, 0.717) is 4.91 Å². The van der Waals surface area contributed by atoms with Crippen LogP contribution in [0.4, 0.5) is 4.79 Å². The molecule has 5 nitrogen and oxygen atoms in total. The third-order valence-electron chi connectivity index (χ3n) is 3.40. The minimum absolute atomic E-state index is 0.240. The number of nitrogens with zero attached hydrogens (tertiary/aromatic N) is 1. The Bertz CT molecular complexity index is 667. The summed E-state index contributed by atoms with van der Waals surface area (Å²) in [5, 5.41) is 9.03. The first-order valence-corrected chi connectivity index (χ1v) is 8.21. The zero-order valence-corrected chi connectivity index (χ0v) is 14.6. The highest BCUT2D eigenvalue weighted by Crippen LogP contribution is 2.36. The molecule has 0 aliphatic carbocycles. The van der Waals surface area contributed by atoms with Crippen LogP contribution in [0.1, 0.15) is 19.4 Å². The van der Waals surface area contributed by atoms with Crippen LogP contribution in [0.25, 0.3) is 6.08 Å². The van der Waals surface area contributed by atoms with Crippen molar-refractivity contribution in [2.24, 2.45) is 5.92 Å². The van der Waals surface area contributed by atoms with Gasteiger partial charge in [-0.3, -0.25) is 9.69 Å². The topological polar surface area (TPSA) is 66.8 Å². The third-order valence-corrected chi connectivity index (χ3v) is 4.85. The van der Waals surface area contributed by atoms with Crippen LogP contribution < -0.4 is 4.74 Å². The number of carbonyl (C=O) groups is 2. The minimum atomic E-state index is -1.05. The van der Waals surface area contributed by atoms with Gasteiger partial charge in [-0.1, -0.05) is 38.2 Å². The maximum absolute atomic E-state index is 12.2. The van der Waals surface area contributed by atoms with Gasteiger partial charge in [-0.25, -0.2) is 4.79 Å². The van der Waals surface area contributed by atoms with Gasteiger partial charge in [0.1, 0.15) is 16.8 Å². The number of aliphatic carboxylic acids is 1. The molecule has 1 aliphatic heterocycles. The zero-order valence-electron chi connectivity index (χ0n) is 13.0. The van der Waals surface area contributed by atoms with E-state index in [1.54, 1.807) is 27.0 Å². The Kier molecular flexibility index (Phi) is 5.43. The second kappa shape index (κ2) is 7.14. The molecule has 0 saturated carbocycles. The molecule has 0 radical (unpaired) electrons. The van der Waals surface area contributed by atoms with E-state index in [9.17, 15) is 14.7 Å². The highest BCUT2D eigenvalue weighted by atomic mass is 32.2. The van der Waals surface area contributed by atoms with Crippen LogP contribution in [-0.2, 0) is 4.79 Å². The van der Waals surface area contributed by atoms with E-state index in [1.165, 1.54) is 4.90 Å². The molecule has 1 amide bonds. The van der Waals surface area contributed by atoms with Crippen LogP contribution in [0, 0.1) is 5.92 Å². The smallest absolute Gasteiger partial charge is 0.327 e. The first kappa shape index (κ1) is 17.5. The van der Waals surface area contributed by atoms with Crippen LogP contribution in [0.3, 0.4) is 0 Å². The molecule has 1 saturated heterocycles. The second-order valence-electron chi connectivity index (χ2n) is 5.35. The molecule has 1 aliphatic rings.